The molecule has 0 aromatic carbocycles. The van der Waals surface area contributed by atoms with Gasteiger partial charge in [-0.25, -0.2) is 9.59 Å². The molecule has 0 aromatic heterocycles. The molecule has 22 heavy (non-hydrogen) atoms. The number of rotatable bonds is 3. The lowest BCUT2D eigenvalue weighted by Gasteiger charge is -2.22. The first-order valence-electron chi connectivity index (χ1n) is 7.49. The van der Waals surface area contributed by atoms with Crippen LogP contribution >= 0.6 is 0 Å². The fourth-order valence-electron chi connectivity index (χ4n) is 1.53. The van der Waals surface area contributed by atoms with Crippen molar-refractivity contribution in [3.8, 4) is 0 Å². The highest BCUT2D eigenvalue weighted by atomic mass is 16.6. The fourth-order valence-corrected chi connectivity index (χ4v) is 1.53. The molecule has 5 heteroatoms. The van der Waals surface area contributed by atoms with E-state index in [1.54, 1.807) is 13.8 Å². The Kier molecular flexibility index (Phi) is 8.72. The van der Waals surface area contributed by atoms with Crippen LogP contribution in [-0.4, -0.2) is 36.7 Å². The summed E-state index contributed by atoms with van der Waals surface area (Å²) in [4.78, 5) is 21.9. The molecule has 0 unspecified atom stereocenters. The zero-order chi connectivity index (χ0) is 17.3. The first kappa shape index (κ1) is 20.4. The molecule has 0 atom stereocenters. The van der Waals surface area contributed by atoms with Gasteiger partial charge in [0.05, 0.1) is 0 Å². The topological polar surface area (TPSA) is 64.6 Å². The third-order valence-electron chi connectivity index (χ3n) is 2.66. The van der Waals surface area contributed by atoms with Crippen molar-refractivity contribution in [2.45, 2.75) is 59.2 Å². The molecule has 1 rings (SSSR count). The molecular weight excluding hydrogens is 282 g/mol. The van der Waals surface area contributed by atoms with E-state index in [2.05, 4.69) is 18.5 Å². The number of piperidine rings is 1. The van der Waals surface area contributed by atoms with Gasteiger partial charge in [-0.15, -0.1) is 0 Å². The van der Waals surface area contributed by atoms with E-state index in [0.717, 1.165) is 25.9 Å². The normalized spacial score (nSPS) is 15.1. The predicted molar refractivity (Wildman–Crippen MR) is 87.5 cm³/mol. The third kappa shape index (κ3) is 10.2. The number of ether oxygens (including phenoxy) is 2. The van der Waals surface area contributed by atoms with Crippen LogP contribution in [0.1, 0.15) is 47.5 Å². The Balaban J connectivity index is 0.000000409. The van der Waals surface area contributed by atoms with Crippen LogP contribution < -0.4 is 5.32 Å². The molecule has 1 saturated heterocycles. The molecule has 1 fully saturated rings. The lowest BCUT2D eigenvalue weighted by molar-refractivity contribution is -0.149. The smallest absolute Gasteiger partial charge is 0.333 e. The van der Waals surface area contributed by atoms with Crippen LogP contribution in [0.15, 0.2) is 24.3 Å². The van der Waals surface area contributed by atoms with Crippen molar-refractivity contribution in [2.75, 3.05) is 13.1 Å². The summed E-state index contributed by atoms with van der Waals surface area (Å²) in [7, 11) is 0. The predicted octanol–water partition coefficient (Wildman–Crippen LogP) is 2.76. The van der Waals surface area contributed by atoms with Gasteiger partial charge in [0.25, 0.3) is 0 Å². The van der Waals surface area contributed by atoms with Crippen LogP contribution in [0.3, 0.4) is 0 Å². The monoisotopic (exact) mass is 311 g/mol. The van der Waals surface area contributed by atoms with Crippen molar-refractivity contribution in [1.82, 2.24) is 5.32 Å². The van der Waals surface area contributed by atoms with Crippen LogP contribution in [0.25, 0.3) is 0 Å². The van der Waals surface area contributed by atoms with Gasteiger partial charge in [-0.05, 0) is 60.5 Å². The van der Waals surface area contributed by atoms with Gasteiger partial charge in [0.15, 0.2) is 0 Å². The quantitative estimate of drug-likeness (QED) is 0.641. The minimum atomic E-state index is -0.407. The van der Waals surface area contributed by atoms with E-state index in [1.165, 1.54) is 0 Å². The number of hydrogen-bond donors (Lipinski definition) is 1. The lowest BCUT2D eigenvalue weighted by atomic mass is 10.1. The summed E-state index contributed by atoms with van der Waals surface area (Å²) < 4.78 is 10.1. The van der Waals surface area contributed by atoms with Crippen LogP contribution in [0.5, 0.6) is 0 Å². The second-order valence-corrected chi connectivity index (χ2v) is 6.42. The molecule has 1 aliphatic rings. The van der Waals surface area contributed by atoms with Crippen molar-refractivity contribution in [1.29, 1.82) is 0 Å². The second-order valence-electron chi connectivity index (χ2n) is 6.42. The molecule has 0 saturated carbocycles. The molecule has 0 bridgehead atoms. The maximum absolute atomic E-state index is 11.1. The van der Waals surface area contributed by atoms with Crippen LogP contribution in [0.4, 0.5) is 0 Å². The maximum atomic E-state index is 11.1. The Hall–Kier alpha value is -1.62. The summed E-state index contributed by atoms with van der Waals surface area (Å²) in [6.07, 6.45) is 1.92. The molecule has 1 N–H and O–H groups in total. The first-order valence-corrected chi connectivity index (χ1v) is 7.49. The molecule has 5 nitrogen and oxygen atoms in total. The molecule has 1 aliphatic heterocycles. The number of hydrogen-bond acceptors (Lipinski definition) is 5. The Morgan fingerprint density at radius 1 is 1.00 bits per heavy atom. The summed E-state index contributed by atoms with van der Waals surface area (Å²) in [6, 6.07) is 0. The van der Waals surface area contributed by atoms with Crippen LogP contribution in [-0.2, 0) is 19.1 Å². The van der Waals surface area contributed by atoms with Gasteiger partial charge in [-0.1, -0.05) is 13.2 Å². The summed E-state index contributed by atoms with van der Waals surface area (Å²) in [5.74, 6) is -0.589. The number of carbonyl (C=O) groups excluding carboxylic acids is 2. The number of carbonyl (C=O) groups is 2. The summed E-state index contributed by atoms with van der Waals surface area (Å²) in [6.45, 7) is 17.7. The Morgan fingerprint density at radius 3 is 1.77 bits per heavy atom. The van der Waals surface area contributed by atoms with E-state index >= 15 is 0 Å². The largest absolute Gasteiger partial charge is 0.459 e. The Morgan fingerprint density at radius 2 is 1.45 bits per heavy atom. The van der Waals surface area contributed by atoms with Crippen molar-refractivity contribution >= 4 is 11.9 Å². The van der Waals surface area contributed by atoms with Crippen molar-refractivity contribution in [3.05, 3.63) is 24.3 Å². The Labute approximate surface area is 133 Å². The second kappa shape index (κ2) is 9.41. The molecule has 0 radical (unpaired) electrons. The first-order chi connectivity index (χ1) is 10.0. The van der Waals surface area contributed by atoms with E-state index < -0.39 is 5.60 Å². The molecular formula is C17H29NO4. The van der Waals surface area contributed by atoms with E-state index in [4.69, 9.17) is 9.47 Å². The van der Waals surface area contributed by atoms with E-state index in [-0.39, 0.29) is 18.0 Å². The average Bonchev–Trinajstić information content (AvgIpc) is 2.38. The lowest BCUT2D eigenvalue weighted by Crippen LogP contribution is -2.33. The maximum Gasteiger partial charge on any atom is 0.333 e. The van der Waals surface area contributed by atoms with Crippen molar-refractivity contribution < 1.29 is 19.1 Å². The van der Waals surface area contributed by atoms with Gasteiger partial charge in [0, 0.05) is 11.1 Å². The fraction of sp³-hybridized carbons (Fsp3) is 0.647. The van der Waals surface area contributed by atoms with E-state index in [1.807, 2.05) is 20.8 Å². The van der Waals surface area contributed by atoms with Gasteiger partial charge >= 0.3 is 11.9 Å². The summed E-state index contributed by atoms with van der Waals surface area (Å²) in [5, 5.41) is 3.20. The van der Waals surface area contributed by atoms with Gasteiger partial charge in [-0.2, -0.15) is 0 Å². The SMILES string of the molecule is C=C(C)C(=O)OC(C)(C)C.C=C(C)C(=O)OC1CCNCC1. The van der Waals surface area contributed by atoms with Gasteiger partial charge in [-0.3, -0.25) is 0 Å². The van der Waals surface area contributed by atoms with Gasteiger partial charge < -0.3 is 14.8 Å². The highest BCUT2D eigenvalue weighted by Crippen LogP contribution is 2.09. The minimum absolute atomic E-state index is 0.0930. The van der Waals surface area contributed by atoms with Crippen LogP contribution in [0, 0.1) is 0 Å². The molecule has 0 aromatic rings. The molecule has 0 amide bonds. The zero-order valence-corrected chi connectivity index (χ0v) is 14.5. The average molecular weight is 311 g/mol. The summed E-state index contributed by atoms with van der Waals surface area (Å²) >= 11 is 0. The van der Waals surface area contributed by atoms with Gasteiger partial charge in [0.2, 0.25) is 0 Å². The number of nitrogens with one attached hydrogen (secondary N) is 1. The Bertz CT molecular complexity index is 415. The van der Waals surface area contributed by atoms with Crippen molar-refractivity contribution in [2.24, 2.45) is 0 Å². The zero-order valence-electron chi connectivity index (χ0n) is 14.5. The molecule has 0 aliphatic carbocycles. The van der Waals surface area contributed by atoms with Crippen molar-refractivity contribution in [3.63, 3.8) is 0 Å². The number of esters is 2. The molecule has 0 spiro atoms. The molecule has 126 valence electrons. The van der Waals surface area contributed by atoms with Crippen LogP contribution in [0.2, 0.25) is 0 Å². The van der Waals surface area contributed by atoms with Gasteiger partial charge in [0.1, 0.15) is 11.7 Å². The minimum Gasteiger partial charge on any atom is -0.459 e. The highest BCUT2D eigenvalue weighted by molar-refractivity contribution is 5.87. The van der Waals surface area contributed by atoms with E-state index in [0.29, 0.717) is 11.1 Å². The standard InChI is InChI=1S/C9H15NO2.C8H14O2/c1-7(2)9(11)12-8-3-5-10-6-4-8;1-6(2)7(9)10-8(3,4)5/h8,10H,1,3-6H2,2H3;1H2,2-5H3. The summed E-state index contributed by atoms with van der Waals surface area (Å²) in [5.41, 5.74) is 0.513. The van der Waals surface area contributed by atoms with E-state index in [9.17, 15) is 9.59 Å². The molecule has 1 heterocycles. The third-order valence-corrected chi connectivity index (χ3v) is 2.66. The highest BCUT2D eigenvalue weighted by Gasteiger charge is 2.17.